The number of benzene rings is 3. The molecular formula is C28H28N2O7. The molecule has 3 aromatic carbocycles. The van der Waals surface area contributed by atoms with Gasteiger partial charge in [0.1, 0.15) is 17.1 Å². The van der Waals surface area contributed by atoms with Crippen LogP contribution in [0.3, 0.4) is 0 Å². The number of ether oxygens (including phenoxy) is 4. The summed E-state index contributed by atoms with van der Waals surface area (Å²) in [6.07, 6.45) is -2.09. The molecule has 9 nitrogen and oxygen atoms in total. The first-order chi connectivity index (χ1) is 17.6. The van der Waals surface area contributed by atoms with Gasteiger partial charge in [0.15, 0.2) is 12.2 Å². The molecule has 0 radical (unpaired) electrons. The molecule has 1 aliphatic rings. The molecule has 0 fully saturated rings. The maximum absolute atomic E-state index is 14.0. The van der Waals surface area contributed by atoms with Gasteiger partial charge in [-0.25, -0.2) is 0 Å². The highest BCUT2D eigenvalue weighted by Gasteiger charge is 2.50. The Morgan fingerprint density at radius 1 is 1.11 bits per heavy atom. The summed E-state index contributed by atoms with van der Waals surface area (Å²) in [7, 11) is 3.30. The van der Waals surface area contributed by atoms with Crippen molar-refractivity contribution in [3.05, 3.63) is 58.3 Å². The van der Waals surface area contributed by atoms with E-state index < -0.39 is 29.7 Å². The van der Waals surface area contributed by atoms with Gasteiger partial charge in [-0.05, 0) is 36.8 Å². The summed E-state index contributed by atoms with van der Waals surface area (Å²) < 4.78 is 25.3. The van der Waals surface area contributed by atoms with E-state index >= 15 is 0 Å². The molecule has 0 amide bonds. The minimum Gasteiger partial charge on any atom is -0.496 e. The second-order valence-electron chi connectivity index (χ2n) is 9.67. The van der Waals surface area contributed by atoms with Gasteiger partial charge in [-0.2, -0.15) is 0 Å². The Morgan fingerprint density at radius 3 is 2.41 bits per heavy atom. The first-order valence-corrected chi connectivity index (χ1v) is 11.9. The molecule has 2 atom stereocenters. The quantitative estimate of drug-likeness (QED) is 0.331. The number of nitrogens with zero attached hydrogens (tertiary/aromatic N) is 1. The smallest absolute Gasteiger partial charge is 0.320 e. The molecule has 37 heavy (non-hydrogen) atoms. The Hall–Kier alpha value is -4.11. The van der Waals surface area contributed by atoms with Gasteiger partial charge < -0.3 is 29.2 Å². The SMILES string of the molecule is COc1cc2c(c3c1c(=O)c1cc4ccccc4cc1n3C)C(OC(C)=O)C(OC(=O)CN)C(C)(C)O2. The molecular weight excluding hydrogens is 476 g/mol. The Labute approximate surface area is 212 Å². The van der Waals surface area contributed by atoms with E-state index in [0.717, 1.165) is 10.8 Å². The zero-order valence-electron chi connectivity index (χ0n) is 21.3. The van der Waals surface area contributed by atoms with Gasteiger partial charge in [0, 0.05) is 25.4 Å². The molecule has 0 saturated carbocycles. The molecule has 9 heteroatoms. The van der Waals surface area contributed by atoms with Crippen molar-refractivity contribution in [2.45, 2.75) is 38.6 Å². The average molecular weight is 505 g/mol. The number of aromatic nitrogens is 1. The summed E-state index contributed by atoms with van der Waals surface area (Å²) in [6, 6.07) is 13.2. The lowest BCUT2D eigenvalue weighted by Gasteiger charge is -2.43. The molecule has 0 saturated heterocycles. The van der Waals surface area contributed by atoms with Crippen LogP contribution in [0.1, 0.15) is 32.4 Å². The Balaban J connectivity index is 1.93. The van der Waals surface area contributed by atoms with E-state index in [9.17, 15) is 14.4 Å². The van der Waals surface area contributed by atoms with E-state index in [-0.39, 0.29) is 12.0 Å². The zero-order chi connectivity index (χ0) is 26.6. The lowest BCUT2D eigenvalue weighted by atomic mass is 9.86. The van der Waals surface area contributed by atoms with Crippen LogP contribution in [-0.2, 0) is 26.1 Å². The predicted molar refractivity (Wildman–Crippen MR) is 139 cm³/mol. The van der Waals surface area contributed by atoms with Crippen molar-refractivity contribution in [3.63, 3.8) is 0 Å². The normalized spacial score (nSPS) is 18.3. The van der Waals surface area contributed by atoms with Crippen molar-refractivity contribution in [1.29, 1.82) is 0 Å². The van der Waals surface area contributed by atoms with Crippen molar-refractivity contribution in [2.75, 3.05) is 13.7 Å². The molecule has 0 bridgehead atoms. The number of fused-ring (bicyclic) bond motifs is 5. The number of carbonyl (C=O) groups is 2. The third-order valence-corrected chi connectivity index (χ3v) is 6.85. The largest absolute Gasteiger partial charge is 0.496 e. The monoisotopic (exact) mass is 504 g/mol. The summed E-state index contributed by atoms with van der Waals surface area (Å²) in [6.45, 7) is 4.37. The molecule has 0 spiro atoms. The summed E-state index contributed by atoms with van der Waals surface area (Å²) in [4.78, 5) is 38.5. The summed E-state index contributed by atoms with van der Waals surface area (Å²) >= 11 is 0. The second-order valence-corrected chi connectivity index (χ2v) is 9.67. The molecule has 5 rings (SSSR count). The van der Waals surface area contributed by atoms with Crippen molar-refractivity contribution >= 4 is 44.5 Å². The minimum atomic E-state index is -1.09. The minimum absolute atomic E-state index is 0.240. The molecule has 2 heterocycles. The van der Waals surface area contributed by atoms with E-state index in [4.69, 9.17) is 24.7 Å². The fourth-order valence-electron chi connectivity index (χ4n) is 5.22. The maximum atomic E-state index is 14.0. The van der Waals surface area contributed by atoms with E-state index in [2.05, 4.69) is 0 Å². The number of esters is 2. The maximum Gasteiger partial charge on any atom is 0.320 e. The topological polar surface area (TPSA) is 119 Å². The first kappa shape index (κ1) is 24.6. The third kappa shape index (κ3) is 3.86. The van der Waals surface area contributed by atoms with Crippen LogP contribution in [-0.4, -0.2) is 41.9 Å². The van der Waals surface area contributed by atoms with E-state index in [0.29, 0.717) is 38.9 Å². The van der Waals surface area contributed by atoms with Crippen LogP contribution in [0.2, 0.25) is 0 Å². The lowest BCUT2D eigenvalue weighted by Crippen LogP contribution is -2.52. The van der Waals surface area contributed by atoms with Crippen LogP contribution >= 0.6 is 0 Å². The van der Waals surface area contributed by atoms with E-state index in [1.807, 2.05) is 48.0 Å². The summed E-state index contributed by atoms with van der Waals surface area (Å²) in [5.41, 5.74) is 5.72. The average Bonchev–Trinajstić information content (AvgIpc) is 2.86. The predicted octanol–water partition coefficient (Wildman–Crippen LogP) is 3.50. The number of hydrogen-bond acceptors (Lipinski definition) is 8. The van der Waals surface area contributed by atoms with Gasteiger partial charge in [0.25, 0.3) is 0 Å². The molecule has 2 N–H and O–H groups in total. The van der Waals surface area contributed by atoms with Crippen molar-refractivity contribution in [1.82, 2.24) is 4.57 Å². The van der Waals surface area contributed by atoms with Crippen molar-refractivity contribution < 1.29 is 28.5 Å². The molecule has 4 aromatic rings. The standard InChI is InChI=1S/C28H28N2O7/c1-14(31)35-26-23-20(37-28(2,3)27(26)36-21(32)13-29)12-19(34-5)22-24(23)30(4)18-11-16-9-7-6-8-15(16)10-17(18)25(22)33/h6-12,26-27H,13,29H2,1-5H3. The molecule has 1 aromatic heterocycles. The van der Waals surface area contributed by atoms with E-state index in [1.165, 1.54) is 14.0 Å². The number of rotatable bonds is 4. The highest BCUT2D eigenvalue weighted by Crippen LogP contribution is 2.49. The number of hydrogen-bond donors (Lipinski definition) is 1. The van der Waals surface area contributed by atoms with Crippen LogP contribution in [0.25, 0.3) is 32.6 Å². The fourth-order valence-corrected chi connectivity index (χ4v) is 5.22. The van der Waals surface area contributed by atoms with Crippen LogP contribution in [0.4, 0.5) is 0 Å². The van der Waals surface area contributed by atoms with Crippen molar-refractivity contribution in [3.8, 4) is 11.5 Å². The van der Waals surface area contributed by atoms with E-state index in [1.54, 1.807) is 19.9 Å². The zero-order valence-corrected chi connectivity index (χ0v) is 21.3. The van der Waals surface area contributed by atoms with Gasteiger partial charge in [-0.3, -0.25) is 14.4 Å². The highest BCUT2D eigenvalue weighted by atomic mass is 16.6. The number of aryl methyl sites for hydroxylation is 1. The summed E-state index contributed by atoms with van der Waals surface area (Å²) in [5, 5.41) is 2.71. The fraction of sp³-hybridized carbons (Fsp3) is 0.321. The number of nitrogens with two attached hydrogens (primary N) is 1. The van der Waals surface area contributed by atoms with Crippen LogP contribution < -0.4 is 20.6 Å². The van der Waals surface area contributed by atoms with Crippen LogP contribution in [0.15, 0.2) is 47.3 Å². The van der Waals surface area contributed by atoms with Gasteiger partial charge in [0.05, 0.1) is 35.6 Å². The van der Waals surface area contributed by atoms with Crippen molar-refractivity contribution in [2.24, 2.45) is 12.8 Å². The third-order valence-electron chi connectivity index (χ3n) is 6.85. The second kappa shape index (κ2) is 8.77. The Morgan fingerprint density at radius 2 is 1.78 bits per heavy atom. The molecule has 0 aliphatic carbocycles. The summed E-state index contributed by atoms with van der Waals surface area (Å²) in [5.74, 6) is -0.580. The number of carbonyl (C=O) groups excluding carboxylic acids is 2. The van der Waals surface area contributed by atoms with Gasteiger partial charge in [-0.15, -0.1) is 0 Å². The molecule has 2 unspecified atom stereocenters. The lowest BCUT2D eigenvalue weighted by molar-refractivity contribution is -0.188. The van der Waals surface area contributed by atoms with Crippen LogP contribution in [0, 0.1) is 0 Å². The number of methoxy groups -OCH3 is 1. The molecule has 1 aliphatic heterocycles. The van der Waals surface area contributed by atoms with Gasteiger partial charge in [0.2, 0.25) is 5.43 Å². The first-order valence-electron chi connectivity index (χ1n) is 11.9. The number of pyridine rings is 1. The Kier molecular flexibility index (Phi) is 5.83. The van der Waals surface area contributed by atoms with Gasteiger partial charge >= 0.3 is 11.9 Å². The molecule has 192 valence electrons. The van der Waals surface area contributed by atoms with Gasteiger partial charge in [-0.1, -0.05) is 24.3 Å². The highest BCUT2D eigenvalue weighted by molar-refractivity contribution is 6.04. The van der Waals surface area contributed by atoms with Crippen LogP contribution in [0.5, 0.6) is 11.5 Å². The Bertz CT molecular complexity index is 1650.